The van der Waals surface area contributed by atoms with Gasteiger partial charge in [0.15, 0.2) is 17.2 Å². The average molecular weight is 868 g/mol. The molecule has 19 heteroatoms. The van der Waals surface area contributed by atoms with Crippen LogP contribution in [0.2, 0.25) is 0 Å². The number of benzene rings is 3. The predicted octanol–water partition coefficient (Wildman–Crippen LogP) is 6.46. The number of hydrogen-bond acceptors (Lipinski definition) is 11. The third-order valence-electron chi connectivity index (χ3n) is 11.3. The van der Waals surface area contributed by atoms with E-state index in [9.17, 15) is 18.7 Å². The number of ether oxygens (including phenoxy) is 1. The van der Waals surface area contributed by atoms with E-state index in [-0.39, 0.29) is 18.0 Å². The lowest BCUT2D eigenvalue weighted by Crippen LogP contribution is -2.48. The summed E-state index contributed by atoms with van der Waals surface area (Å²) >= 11 is 0. The average Bonchev–Trinajstić information content (AvgIpc) is 3.95. The number of aliphatic hydroxyl groups is 1. The van der Waals surface area contributed by atoms with Crippen molar-refractivity contribution in [1.29, 1.82) is 0 Å². The van der Waals surface area contributed by atoms with Crippen molar-refractivity contribution < 1.29 is 31.8 Å². The molecule has 3 aromatic carbocycles. The van der Waals surface area contributed by atoms with Crippen LogP contribution in [0.5, 0.6) is 0 Å². The van der Waals surface area contributed by atoms with Gasteiger partial charge in [-0.25, -0.2) is 36.9 Å². The van der Waals surface area contributed by atoms with Gasteiger partial charge < -0.3 is 19.6 Å². The number of pyridine rings is 2. The first kappa shape index (κ1) is 42.8. The number of tetrazole rings is 1. The third kappa shape index (κ3) is 8.65. The summed E-state index contributed by atoms with van der Waals surface area (Å²) in [5, 5.41) is 26.1. The molecule has 63 heavy (non-hydrogen) atoms. The van der Waals surface area contributed by atoms with Gasteiger partial charge in [0.1, 0.15) is 30.0 Å². The summed E-state index contributed by atoms with van der Waals surface area (Å²) in [6.45, 7) is 5.55. The largest absolute Gasteiger partial charge is 0.377 e. The molecule has 14 nitrogen and oxygen atoms in total. The molecule has 0 spiro atoms. The van der Waals surface area contributed by atoms with Crippen molar-refractivity contribution in [3.05, 3.63) is 161 Å². The molecule has 1 aliphatic heterocycles. The van der Waals surface area contributed by atoms with Gasteiger partial charge in [-0.1, -0.05) is 55.5 Å². The molecule has 1 saturated heterocycles. The number of alkyl halides is 2. The third-order valence-corrected chi connectivity index (χ3v) is 11.3. The fraction of sp³-hybridized carbons (Fsp3) is 0.295. The van der Waals surface area contributed by atoms with E-state index in [1.165, 1.54) is 29.3 Å². The Hall–Kier alpha value is -6.86. The number of nitrogens with zero attached hydrogens (tertiary/aromatic N) is 11. The Morgan fingerprint density at radius 2 is 1.52 bits per heavy atom. The lowest BCUT2D eigenvalue weighted by Gasteiger charge is -2.37. The second-order valence-electron chi connectivity index (χ2n) is 15.2. The highest BCUT2D eigenvalue weighted by molar-refractivity contribution is 5.66. The number of piperazine rings is 1. The Labute approximate surface area is 357 Å². The maximum Gasteiger partial charge on any atom is 0.352 e. The first-order valence-corrected chi connectivity index (χ1v) is 20.2. The molecule has 0 radical (unpaired) electrons. The zero-order valence-corrected chi connectivity index (χ0v) is 34.1. The second kappa shape index (κ2) is 17.9. The minimum atomic E-state index is -4.19. The quantitative estimate of drug-likeness (QED) is 0.114. The van der Waals surface area contributed by atoms with Crippen LogP contribution < -0.4 is 15.5 Å². The summed E-state index contributed by atoms with van der Waals surface area (Å²) in [7, 11) is 0. The van der Waals surface area contributed by atoms with Gasteiger partial charge in [-0.15, -0.1) is 5.10 Å². The van der Waals surface area contributed by atoms with Crippen LogP contribution >= 0.6 is 0 Å². The maximum absolute atomic E-state index is 16.2. The van der Waals surface area contributed by atoms with Crippen LogP contribution in [0.1, 0.15) is 43.1 Å². The van der Waals surface area contributed by atoms with Crippen molar-refractivity contribution in [3.8, 4) is 16.9 Å². The normalized spacial score (nSPS) is 15.3. The molecular formula is C44H42F5N11O3. The van der Waals surface area contributed by atoms with E-state index in [4.69, 9.17) is 4.74 Å². The molecule has 0 bridgehead atoms. The first-order chi connectivity index (χ1) is 30.4. The molecule has 326 valence electrons. The fourth-order valence-corrected chi connectivity index (χ4v) is 7.79. The van der Waals surface area contributed by atoms with E-state index in [0.29, 0.717) is 62.1 Å². The zero-order valence-electron chi connectivity index (χ0n) is 34.1. The molecule has 5 heterocycles. The molecule has 1 aliphatic rings. The van der Waals surface area contributed by atoms with Gasteiger partial charge in [-0.3, -0.25) is 4.98 Å². The van der Waals surface area contributed by atoms with Crippen LogP contribution in [0.15, 0.2) is 121 Å². The number of rotatable bonds is 15. The number of halogens is 5. The second-order valence-corrected chi connectivity index (χ2v) is 15.2. The van der Waals surface area contributed by atoms with Crippen LogP contribution in [0.3, 0.4) is 0 Å². The van der Waals surface area contributed by atoms with Crippen LogP contribution in [-0.4, -0.2) is 81.9 Å². The maximum atomic E-state index is 16.2. The molecule has 0 saturated carbocycles. The SMILES string of the molecule is CCC(C(C)OCc1ccccc1)n1ncn(-c2ncc(N3CCN(c4ccc(-c5ccc(C(F)(F)C(O)(Cn6cnnn6)c6ccc(F)cc6F)nc5)cc4)CC3)cc2F)c1=O. The Morgan fingerprint density at radius 1 is 0.810 bits per heavy atom. The molecule has 3 atom stereocenters. The van der Waals surface area contributed by atoms with Crippen LogP contribution in [0.25, 0.3) is 16.9 Å². The predicted molar refractivity (Wildman–Crippen MR) is 222 cm³/mol. The smallest absolute Gasteiger partial charge is 0.352 e. The highest BCUT2D eigenvalue weighted by atomic mass is 19.3. The summed E-state index contributed by atoms with van der Waals surface area (Å²) in [5.74, 6) is -7.38. The molecule has 4 aromatic heterocycles. The van der Waals surface area contributed by atoms with E-state index >= 15 is 13.2 Å². The van der Waals surface area contributed by atoms with Crippen LogP contribution in [0, 0.1) is 17.5 Å². The molecular weight excluding hydrogens is 826 g/mol. The molecule has 0 aliphatic carbocycles. The topological polar surface area (TPSA) is 145 Å². The standard InChI is InChI=1S/C44H42F5N11O3/c1-3-39(29(2)63-25-30-7-5-4-6-8-30)60-42(61)59(28-53-60)41-38(47)22-35(24-51-41)57-19-17-56(18-20-57)34-13-9-31(10-14-34)32-11-16-40(50-23-32)44(48,49)43(62,26-58-27-52-54-55-58)36-15-12-33(45)21-37(36)46/h4-16,21-24,27-29,39,62H,3,17-20,25-26H2,1-2H3. The van der Waals surface area contributed by atoms with Crippen molar-refractivity contribution in [2.24, 2.45) is 0 Å². The molecule has 8 rings (SSSR count). The lowest BCUT2D eigenvalue weighted by atomic mass is 9.84. The van der Waals surface area contributed by atoms with Gasteiger partial charge in [0.2, 0.25) is 0 Å². The molecule has 7 aromatic rings. The Morgan fingerprint density at radius 3 is 2.16 bits per heavy atom. The van der Waals surface area contributed by atoms with Crippen LogP contribution in [0.4, 0.5) is 33.3 Å². The zero-order chi connectivity index (χ0) is 44.3. The summed E-state index contributed by atoms with van der Waals surface area (Å²) in [5.41, 5.74) is -1.82. The van der Waals surface area contributed by atoms with Crippen molar-refractivity contribution in [2.45, 2.75) is 57.1 Å². The monoisotopic (exact) mass is 867 g/mol. The highest BCUT2D eigenvalue weighted by Crippen LogP contribution is 2.47. The van der Waals surface area contributed by atoms with Crippen molar-refractivity contribution in [3.63, 3.8) is 0 Å². The number of hydrogen-bond donors (Lipinski definition) is 1. The van der Waals surface area contributed by atoms with Crippen molar-refractivity contribution in [1.82, 2.24) is 44.5 Å². The van der Waals surface area contributed by atoms with Gasteiger partial charge in [0.05, 0.1) is 37.2 Å². The molecule has 0 amide bonds. The number of aromatic nitrogens is 9. The summed E-state index contributed by atoms with van der Waals surface area (Å²) in [6.07, 6.45) is 5.25. The molecule has 3 unspecified atom stereocenters. The van der Waals surface area contributed by atoms with E-state index in [0.717, 1.165) is 45.0 Å². The van der Waals surface area contributed by atoms with Crippen molar-refractivity contribution >= 4 is 11.4 Å². The van der Waals surface area contributed by atoms with Gasteiger partial charge in [-0.05, 0) is 65.2 Å². The Balaban J connectivity index is 0.900. The lowest BCUT2D eigenvalue weighted by molar-refractivity contribution is -0.207. The fourth-order valence-electron chi connectivity index (χ4n) is 7.79. The van der Waals surface area contributed by atoms with Gasteiger partial charge in [0.25, 0.3) is 0 Å². The van der Waals surface area contributed by atoms with E-state index in [2.05, 4.69) is 35.5 Å². The van der Waals surface area contributed by atoms with Gasteiger partial charge in [0, 0.05) is 61.3 Å². The highest BCUT2D eigenvalue weighted by Gasteiger charge is 2.58. The summed E-state index contributed by atoms with van der Waals surface area (Å²) in [4.78, 5) is 25.9. The van der Waals surface area contributed by atoms with Gasteiger partial charge in [-0.2, -0.15) is 13.9 Å². The Kier molecular flexibility index (Phi) is 12.1. The van der Waals surface area contributed by atoms with Crippen molar-refractivity contribution in [2.75, 3.05) is 36.0 Å². The molecule has 1 fully saturated rings. The van der Waals surface area contributed by atoms with E-state index < -0.39 is 52.5 Å². The Bertz CT molecular complexity index is 2690. The summed E-state index contributed by atoms with van der Waals surface area (Å²) < 4.78 is 86.0. The minimum Gasteiger partial charge on any atom is -0.377 e. The van der Waals surface area contributed by atoms with Gasteiger partial charge >= 0.3 is 11.6 Å². The summed E-state index contributed by atoms with van der Waals surface area (Å²) in [6, 6.07) is 22.5. The minimum absolute atomic E-state index is 0.150. The first-order valence-electron chi connectivity index (χ1n) is 20.2. The van der Waals surface area contributed by atoms with E-state index in [1.54, 1.807) is 6.20 Å². The van der Waals surface area contributed by atoms with E-state index in [1.807, 2.05) is 73.3 Å². The molecule has 1 N–H and O–H groups in total. The van der Waals surface area contributed by atoms with Crippen LogP contribution in [-0.2, 0) is 29.4 Å². The number of anilines is 2.